The van der Waals surface area contributed by atoms with Crippen LogP contribution in [0.5, 0.6) is 0 Å². The van der Waals surface area contributed by atoms with Gasteiger partial charge in [0.05, 0.1) is 26.2 Å². The van der Waals surface area contributed by atoms with Crippen LogP contribution < -0.4 is 5.32 Å². The van der Waals surface area contributed by atoms with Crippen molar-refractivity contribution < 1.29 is 29.4 Å². The fraction of sp³-hybridized carbons (Fsp3) is 0.636. The fourth-order valence-corrected chi connectivity index (χ4v) is 2.03. The maximum Gasteiger partial charge on any atom is 0.317 e. The molecule has 1 saturated heterocycles. The number of imide groups is 1. The second-order valence-electron chi connectivity index (χ2n) is 4.68. The molecule has 20 heavy (non-hydrogen) atoms. The molecule has 0 aromatic carbocycles. The molecule has 9 nitrogen and oxygen atoms in total. The number of amides is 2. The van der Waals surface area contributed by atoms with E-state index in [2.05, 4.69) is 5.32 Å². The SMILES string of the molecule is C[C@@H](CN(CC(=O)O)CC(=O)O)N1CC(=O)NC(=O)C1. The van der Waals surface area contributed by atoms with E-state index in [1.165, 1.54) is 4.90 Å². The highest BCUT2D eigenvalue weighted by Gasteiger charge is 2.28. The number of carbonyl (C=O) groups excluding carboxylic acids is 2. The lowest BCUT2D eigenvalue weighted by Gasteiger charge is -2.33. The molecule has 1 rings (SSSR count). The lowest BCUT2D eigenvalue weighted by molar-refractivity contribution is -0.144. The largest absolute Gasteiger partial charge is 0.480 e. The Morgan fingerprint density at radius 2 is 1.65 bits per heavy atom. The Morgan fingerprint density at radius 1 is 1.20 bits per heavy atom. The van der Waals surface area contributed by atoms with Gasteiger partial charge in [-0.15, -0.1) is 0 Å². The zero-order valence-corrected chi connectivity index (χ0v) is 11.0. The maximum atomic E-state index is 11.3. The Morgan fingerprint density at radius 3 is 2.05 bits per heavy atom. The van der Waals surface area contributed by atoms with Crippen molar-refractivity contribution in [1.82, 2.24) is 15.1 Å². The van der Waals surface area contributed by atoms with Gasteiger partial charge in [-0.25, -0.2) is 0 Å². The van der Waals surface area contributed by atoms with Gasteiger partial charge in [0.1, 0.15) is 0 Å². The molecule has 0 aromatic rings. The van der Waals surface area contributed by atoms with Gasteiger partial charge in [-0.05, 0) is 6.92 Å². The van der Waals surface area contributed by atoms with Crippen molar-refractivity contribution in [3.63, 3.8) is 0 Å². The number of rotatable bonds is 7. The first-order valence-corrected chi connectivity index (χ1v) is 6.00. The summed E-state index contributed by atoms with van der Waals surface area (Å²) >= 11 is 0. The summed E-state index contributed by atoms with van der Waals surface area (Å²) in [6, 6.07) is -0.316. The molecule has 1 aliphatic heterocycles. The van der Waals surface area contributed by atoms with E-state index in [4.69, 9.17) is 10.2 Å². The summed E-state index contributed by atoms with van der Waals surface area (Å²) in [6.45, 7) is 1.08. The van der Waals surface area contributed by atoms with Crippen molar-refractivity contribution in [3.8, 4) is 0 Å². The van der Waals surface area contributed by atoms with Crippen LogP contribution >= 0.6 is 0 Å². The zero-order valence-electron chi connectivity index (χ0n) is 11.0. The van der Waals surface area contributed by atoms with E-state index in [0.29, 0.717) is 0 Å². The third-order valence-corrected chi connectivity index (χ3v) is 2.84. The smallest absolute Gasteiger partial charge is 0.317 e. The van der Waals surface area contributed by atoms with Crippen LogP contribution in [0.3, 0.4) is 0 Å². The standard InChI is InChI=1S/C11H17N3O6/c1-7(14-3-8(15)12-9(16)4-14)2-13(5-10(17)18)6-11(19)20/h7H,2-6H2,1H3,(H,17,18)(H,19,20)(H,12,15,16)/t7-/m0/s1. The number of nitrogens with zero attached hydrogens (tertiary/aromatic N) is 2. The molecular formula is C11H17N3O6. The van der Waals surface area contributed by atoms with Crippen molar-refractivity contribution in [2.45, 2.75) is 13.0 Å². The first-order chi connectivity index (χ1) is 9.27. The van der Waals surface area contributed by atoms with Crippen LogP contribution in [0, 0.1) is 0 Å². The van der Waals surface area contributed by atoms with Gasteiger partial charge in [0, 0.05) is 12.6 Å². The monoisotopic (exact) mass is 287 g/mol. The summed E-state index contributed by atoms with van der Waals surface area (Å²) in [7, 11) is 0. The molecular weight excluding hydrogens is 270 g/mol. The second-order valence-corrected chi connectivity index (χ2v) is 4.68. The molecule has 1 fully saturated rings. The Kier molecular flexibility index (Phi) is 5.59. The molecule has 3 N–H and O–H groups in total. The number of carboxylic acids is 2. The van der Waals surface area contributed by atoms with E-state index in [1.54, 1.807) is 11.8 Å². The Hall–Kier alpha value is -2.00. The van der Waals surface area contributed by atoms with Crippen LogP contribution in [-0.4, -0.2) is 82.5 Å². The van der Waals surface area contributed by atoms with Crippen molar-refractivity contribution in [1.29, 1.82) is 0 Å². The molecule has 0 aliphatic carbocycles. The molecule has 0 unspecified atom stereocenters. The van der Waals surface area contributed by atoms with E-state index >= 15 is 0 Å². The molecule has 1 atom stereocenters. The van der Waals surface area contributed by atoms with Gasteiger partial charge >= 0.3 is 11.9 Å². The Bertz CT molecular complexity index is 392. The van der Waals surface area contributed by atoms with Crippen LogP contribution in [0.15, 0.2) is 0 Å². The van der Waals surface area contributed by atoms with Gasteiger partial charge < -0.3 is 10.2 Å². The quantitative estimate of drug-likeness (QED) is 0.450. The maximum absolute atomic E-state index is 11.3. The summed E-state index contributed by atoms with van der Waals surface area (Å²) in [6.07, 6.45) is 0. The molecule has 1 aliphatic rings. The van der Waals surface area contributed by atoms with E-state index in [9.17, 15) is 19.2 Å². The number of nitrogens with one attached hydrogen (secondary N) is 1. The van der Waals surface area contributed by atoms with Crippen molar-refractivity contribution in [2.75, 3.05) is 32.7 Å². The Balaban J connectivity index is 2.61. The molecule has 0 bridgehead atoms. The zero-order chi connectivity index (χ0) is 15.3. The van der Waals surface area contributed by atoms with Crippen molar-refractivity contribution in [3.05, 3.63) is 0 Å². The summed E-state index contributed by atoms with van der Waals surface area (Å²) < 4.78 is 0. The highest BCUT2D eigenvalue weighted by atomic mass is 16.4. The van der Waals surface area contributed by atoms with Crippen LogP contribution in [0.25, 0.3) is 0 Å². The van der Waals surface area contributed by atoms with Gasteiger partial charge in [-0.1, -0.05) is 0 Å². The van der Waals surface area contributed by atoms with Gasteiger partial charge in [-0.3, -0.25) is 34.3 Å². The number of carbonyl (C=O) groups is 4. The van der Waals surface area contributed by atoms with Gasteiger partial charge in [-0.2, -0.15) is 0 Å². The summed E-state index contributed by atoms with van der Waals surface area (Å²) in [5.41, 5.74) is 0. The average molecular weight is 287 g/mol. The van der Waals surface area contributed by atoms with Gasteiger partial charge in [0.15, 0.2) is 0 Å². The lowest BCUT2D eigenvalue weighted by atomic mass is 10.2. The lowest BCUT2D eigenvalue weighted by Crippen LogP contribution is -2.56. The number of carboxylic acid groups (broad SMARTS) is 2. The molecule has 2 amide bonds. The topological polar surface area (TPSA) is 127 Å². The van der Waals surface area contributed by atoms with E-state index in [1.807, 2.05) is 0 Å². The highest BCUT2D eigenvalue weighted by molar-refractivity contribution is 5.99. The van der Waals surface area contributed by atoms with E-state index in [-0.39, 0.29) is 25.7 Å². The van der Waals surface area contributed by atoms with Crippen molar-refractivity contribution in [2.24, 2.45) is 0 Å². The third-order valence-electron chi connectivity index (χ3n) is 2.84. The normalized spacial score (nSPS) is 17.9. The Labute approximate surface area is 115 Å². The first-order valence-electron chi connectivity index (χ1n) is 6.00. The first kappa shape index (κ1) is 16.1. The minimum absolute atomic E-state index is 0.0287. The minimum Gasteiger partial charge on any atom is -0.480 e. The minimum atomic E-state index is -1.13. The summed E-state index contributed by atoms with van der Waals surface area (Å²) in [4.78, 5) is 46.7. The average Bonchev–Trinajstić information content (AvgIpc) is 2.25. The second kappa shape index (κ2) is 6.96. The van der Waals surface area contributed by atoms with E-state index < -0.39 is 36.8 Å². The van der Waals surface area contributed by atoms with Crippen LogP contribution in [0.2, 0.25) is 0 Å². The number of aliphatic carboxylic acids is 2. The van der Waals surface area contributed by atoms with E-state index in [0.717, 1.165) is 0 Å². The number of piperazine rings is 1. The predicted molar refractivity (Wildman–Crippen MR) is 65.9 cm³/mol. The van der Waals surface area contributed by atoms with Gasteiger partial charge in [0.2, 0.25) is 11.8 Å². The fourth-order valence-electron chi connectivity index (χ4n) is 2.03. The molecule has 0 spiro atoms. The summed E-state index contributed by atoms with van der Waals surface area (Å²) in [5, 5.41) is 19.6. The van der Waals surface area contributed by atoms with Crippen LogP contribution in [0.1, 0.15) is 6.92 Å². The molecule has 0 radical (unpaired) electrons. The van der Waals surface area contributed by atoms with Crippen molar-refractivity contribution >= 4 is 23.8 Å². The number of hydrogen-bond acceptors (Lipinski definition) is 6. The van der Waals surface area contributed by atoms with Crippen LogP contribution in [0.4, 0.5) is 0 Å². The molecule has 112 valence electrons. The number of hydrogen-bond donors (Lipinski definition) is 3. The molecule has 1 heterocycles. The molecule has 0 saturated carbocycles. The summed E-state index contributed by atoms with van der Waals surface area (Å²) in [5.74, 6) is -3.11. The van der Waals surface area contributed by atoms with Gasteiger partial charge in [0.25, 0.3) is 0 Å². The predicted octanol–water partition coefficient (Wildman–Crippen LogP) is -2.20. The molecule has 0 aromatic heterocycles. The highest BCUT2D eigenvalue weighted by Crippen LogP contribution is 2.05. The van der Waals surface area contributed by atoms with Crippen LogP contribution in [-0.2, 0) is 19.2 Å². The molecule has 9 heteroatoms. The third kappa shape index (κ3) is 5.33.